The molecule has 2 aromatic rings. The van der Waals surface area contributed by atoms with Gasteiger partial charge in [0.05, 0.1) is 0 Å². The zero-order valence-corrected chi connectivity index (χ0v) is 16.8. The third kappa shape index (κ3) is 3.60. The predicted molar refractivity (Wildman–Crippen MR) is 113 cm³/mol. The Morgan fingerprint density at radius 3 is 2.50 bits per heavy atom. The van der Waals surface area contributed by atoms with Crippen molar-refractivity contribution in [2.75, 3.05) is 36.8 Å². The quantitative estimate of drug-likeness (QED) is 0.886. The van der Waals surface area contributed by atoms with Crippen LogP contribution < -0.4 is 10.6 Å². The van der Waals surface area contributed by atoms with Crippen LogP contribution >= 0.6 is 0 Å². The van der Waals surface area contributed by atoms with Crippen molar-refractivity contribution >= 4 is 11.8 Å². The van der Waals surface area contributed by atoms with Crippen LogP contribution in [0.5, 0.6) is 0 Å². The number of nitrogens with zero attached hydrogens (tertiary/aromatic N) is 4. The summed E-state index contributed by atoms with van der Waals surface area (Å²) >= 11 is 0. The molecule has 1 saturated carbocycles. The first-order chi connectivity index (χ1) is 13.6. The van der Waals surface area contributed by atoms with Crippen LogP contribution in [0.2, 0.25) is 0 Å². The molecule has 1 aromatic carbocycles. The lowest BCUT2D eigenvalue weighted by molar-refractivity contribution is 0.0460. The molecule has 2 N–H and O–H groups in total. The summed E-state index contributed by atoms with van der Waals surface area (Å²) in [6.45, 7) is 6.64. The monoisotopic (exact) mass is 377 g/mol. The summed E-state index contributed by atoms with van der Waals surface area (Å²) in [6.07, 6.45) is 6.58. The third-order valence-corrected chi connectivity index (χ3v) is 7.01. The standard InChI is InChI=1S/C23H31N5/c1-17-13-21(26-22(24)25-17)27-11-9-23(10-12-27)14-19(18-5-3-2-4-6-18)15-28(16-23)20-7-8-20/h2-6,13,19-20H,7-12,14-16H2,1H3,(H2,24,25,26)/t19-/m0/s1. The zero-order chi connectivity index (χ0) is 19.1. The average molecular weight is 378 g/mol. The van der Waals surface area contributed by atoms with Crippen molar-refractivity contribution in [3.63, 3.8) is 0 Å². The van der Waals surface area contributed by atoms with E-state index in [4.69, 9.17) is 5.73 Å². The molecule has 1 spiro atoms. The second kappa shape index (κ2) is 7.03. The van der Waals surface area contributed by atoms with Crippen molar-refractivity contribution in [1.82, 2.24) is 14.9 Å². The van der Waals surface area contributed by atoms with Gasteiger partial charge in [0.15, 0.2) is 0 Å². The fourth-order valence-electron chi connectivity index (χ4n) is 5.41. The van der Waals surface area contributed by atoms with Crippen molar-refractivity contribution in [1.29, 1.82) is 0 Å². The summed E-state index contributed by atoms with van der Waals surface area (Å²) in [5.74, 6) is 2.05. The molecule has 5 rings (SSSR count). The zero-order valence-electron chi connectivity index (χ0n) is 16.8. The maximum absolute atomic E-state index is 5.89. The Bertz CT molecular complexity index is 804. The summed E-state index contributed by atoms with van der Waals surface area (Å²) in [6, 6.07) is 14.1. The number of anilines is 2. The van der Waals surface area contributed by atoms with Gasteiger partial charge in [0.2, 0.25) is 5.95 Å². The number of nitrogens with two attached hydrogens (primary N) is 1. The average Bonchev–Trinajstić information content (AvgIpc) is 3.54. The van der Waals surface area contributed by atoms with Gasteiger partial charge < -0.3 is 10.6 Å². The molecule has 1 atom stereocenters. The highest BCUT2D eigenvalue weighted by Crippen LogP contribution is 2.47. The minimum Gasteiger partial charge on any atom is -0.368 e. The van der Waals surface area contributed by atoms with E-state index < -0.39 is 0 Å². The second-order valence-corrected chi connectivity index (χ2v) is 9.19. The Balaban J connectivity index is 1.34. The molecule has 2 saturated heterocycles. The number of aromatic nitrogens is 2. The molecule has 148 valence electrons. The van der Waals surface area contributed by atoms with Crippen molar-refractivity contribution in [2.24, 2.45) is 5.41 Å². The molecule has 3 heterocycles. The van der Waals surface area contributed by atoms with E-state index in [1.807, 2.05) is 6.92 Å². The molecule has 1 aromatic heterocycles. The maximum Gasteiger partial charge on any atom is 0.222 e. The molecule has 1 aliphatic carbocycles. The molecule has 0 amide bonds. The van der Waals surface area contributed by atoms with Gasteiger partial charge in [0.25, 0.3) is 0 Å². The number of aryl methyl sites for hydroxylation is 1. The van der Waals surface area contributed by atoms with Gasteiger partial charge >= 0.3 is 0 Å². The van der Waals surface area contributed by atoms with E-state index in [1.54, 1.807) is 0 Å². The molecular weight excluding hydrogens is 346 g/mol. The van der Waals surface area contributed by atoms with Crippen molar-refractivity contribution in [3.8, 4) is 0 Å². The fraction of sp³-hybridized carbons (Fsp3) is 0.565. The van der Waals surface area contributed by atoms with Crippen LogP contribution in [-0.4, -0.2) is 47.1 Å². The van der Waals surface area contributed by atoms with E-state index in [0.29, 0.717) is 17.3 Å². The first kappa shape index (κ1) is 17.9. The number of piperidine rings is 2. The van der Waals surface area contributed by atoms with E-state index in [1.165, 1.54) is 50.8 Å². The van der Waals surface area contributed by atoms with Gasteiger partial charge in [-0.05, 0) is 55.9 Å². The van der Waals surface area contributed by atoms with Crippen molar-refractivity contribution in [2.45, 2.75) is 51.0 Å². The summed E-state index contributed by atoms with van der Waals surface area (Å²) in [5, 5.41) is 0. The normalized spacial score (nSPS) is 25.2. The number of likely N-dealkylation sites (tertiary alicyclic amines) is 1. The highest BCUT2D eigenvalue weighted by atomic mass is 15.2. The van der Waals surface area contributed by atoms with Crippen LogP contribution in [0.1, 0.15) is 49.3 Å². The van der Waals surface area contributed by atoms with E-state index in [0.717, 1.165) is 30.6 Å². The van der Waals surface area contributed by atoms with Crippen LogP contribution in [-0.2, 0) is 0 Å². The number of benzene rings is 1. The molecule has 5 nitrogen and oxygen atoms in total. The molecule has 0 unspecified atom stereocenters. The summed E-state index contributed by atoms with van der Waals surface area (Å²) in [7, 11) is 0. The molecular formula is C23H31N5. The largest absolute Gasteiger partial charge is 0.368 e. The van der Waals surface area contributed by atoms with Gasteiger partial charge in [-0.25, -0.2) is 4.98 Å². The molecule has 3 fully saturated rings. The van der Waals surface area contributed by atoms with Gasteiger partial charge in [0.1, 0.15) is 5.82 Å². The molecule has 0 radical (unpaired) electrons. The Labute approximate surface area is 168 Å². The predicted octanol–water partition coefficient (Wildman–Crippen LogP) is 3.61. The summed E-state index contributed by atoms with van der Waals surface area (Å²) in [4.78, 5) is 13.9. The maximum atomic E-state index is 5.89. The van der Waals surface area contributed by atoms with E-state index in [-0.39, 0.29) is 0 Å². The summed E-state index contributed by atoms with van der Waals surface area (Å²) < 4.78 is 0. The Morgan fingerprint density at radius 1 is 1.07 bits per heavy atom. The van der Waals surface area contributed by atoms with Crippen LogP contribution in [0.3, 0.4) is 0 Å². The van der Waals surface area contributed by atoms with E-state index in [9.17, 15) is 0 Å². The van der Waals surface area contributed by atoms with Crippen LogP contribution in [0.4, 0.5) is 11.8 Å². The van der Waals surface area contributed by atoms with E-state index >= 15 is 0 Å². The number of rotatable bonds is 3. The fourth-order valence-corrected chi connectivity index (χ4v) is 5.41. The highest BCUT2D eigenvalue weighted by Gasteiger charge is 2.45. The molecule has 3 aliphatic rings. The molecule has 28 heavy (non-hydrogen) atoms. The smallest absolute Gasteiger partial charge is 0.222 e. The van der Waals surface area contributed by atoms with Gasteiger partial charge in [0, 0.05) is 44.0 Å². The van der Waals surface area contributed by atoms with Crippen molar-refractivity contribution in [3.05, 3.63) is 47.7 Å². The number of hydrogen-bond acceptors (Lipinski definition) is 5. The van der Waals surface area contributed by atoms with Crippen LogP contribution in [0.15, 0.2) is 36.4 Å². The van der Waals surface area contributed by atoms with Crippen LogP contribution in [0.25, 0.3) is 0 Å². The lowest BCUT2D eigenvalue weighted by Gasteiger charge is -2.51. The first-order valence-electron chi connectivity index (χ1n) is 10.8. The molecule has 2 aliphatic heterocycles. The molecule has 5 heteroatoms. The topological polar surface area (TPSA) is 58.3 Å². The highest BCUT2D eigenvalue weighted by molar-refractivity contribution is 5.44. The number of hydrogen-bond donors (Lipinski definition) is 1. The third-order valence-electron chi connectivity index (χ3n) is 7.01. The second-order valence-electron chi connectivity index (χ2n) is 9.19. The minimum absolute atomic E-state index is 0.386. The van der Waals surface area contributed by atoms with Gasteiger partial charge in [-0.3, -0.25) is 4.90 Å². The first-order valence-corrected chi connectivity index (χ1v) is 10.8. The van der Waals surface area contributed by atoms with E-state index in [2.05, 4.69) is 56.2 Å². The lowest BCUT2D eigenvalue weighted by atomic mass is 9.68. The van der Waals surface area contributed by atoms with Gasteiger partial charge in [-0.15, -0.1) is 0 Å². The SMILES string of the molecule is Cc1cc(N2CCC3(CC2)C[C@H](c2ccccc2)CN(C2CC2)C3)nc(N)n1. The number of nitrogen functional groups attached to an aromatic ring is 1. The van der Waals surface area contributed by atoms with Crippen molar-refractivity contribution < 1.29 is 0 Å². The Hall–Kier alpha value is -2.14. The minimum atomic E-state index is 0.386. The van der Waals surface area contributed by atoms with Crippen LogP contribution in [0, 0.1) is 12.3 Å². The lowest BCUT2D eigenvalue weighted by Crippen LogP contribution is -2.52. The molecule has 0 bridgehead atoms. The Kier molecular flexibility index (Phi) is 4.50. The summed E-state index contributed by atoms with van der Waals surface area (Å²) in [5.41, 5.74) is 8.79. The Morgan fingerprint density at radius 2 is 1.82 bits per heavy atom. The van der Waals surface area contributed by atoms with Gasteiger partial charge in [-0.1, -0.05) is 30.3 Å². The van der Waals surface area contributed by atoms with Gasteiger partial charge in [-0.2, -0.15) is 4.98 Å².